The van der Waals surface area contributed by atoms with Crippen molar-refractivity contribution in [2.45, 2.75) is 5.41 Å². The van der Waals surface area contributed by atoms with Gasteiger partial charge in [-0.05, 0) is 92.5 Å². The first-order valence-corrected chi connectivity index (χ1v) is 17.6. The van der Waals surface area contributed by atoms with Crippen LogP contribution in [-0.4, -0.2) is 0 Å². The highest BCUT2D eigenvalue weighted by atomic mass is 16.3. The number of fused-ring (bicyclic) bond motifs is 13. The van der Waals surface area contributed by atoms with Gasteiger partial charge in [0.2, 0.25) is 0 Å². The van der Waals surface area contributed by atoms with Crippen molar-refractivity contribution in [2.75, 3.05) is 4.90 Å². The summed E-state index contributed by atoms with van der Waals surface area (Å²) in [5.41, 5.74) is 17.5. The molecule has 2 aliphatic carbocycles. The Balaban J connectivity index is 1.14. The Labute approximate surface area is 296 Å². The molecule has 11 rings (SSSR count). The summed E-state index contributed by atoms with van der Waals surface area (Å²) in [7, 11) is 0. The number of anilines is 3. The second-order valence-corrected chi connectivity index (χ2v) is 13.6. The third-order valence-corrected chi connectivity index (χ3v) is 11.1. The monoisotopic (exact) mass is 649 g/mol. The van der Waals surface area contributed by atoms with Gasteiger partial charge in [0.25, 0.3) is 0 Å². The fraction of sp³-hybridized carbons (Fsp3) is 0.0204. The molecule has 0 fully saturated rings. The van der Waals surface area contributed by atoms with Crippen molar-refractivity contribution in [3.05, 3.63) is 210 Å². The number of furan rings is 1. The van der Waals surface area contributed by atoms with E-state index in [9.17, 15) is 0 Å². The molecule has 238 valence electrons. The Bertz CT molecular complexity index is 2760. The molecule has 2 heteroatoms. The largest absolute Gasteiger partial charge is 0.455 e. The van der Waals surface area contributed by atoms with E-state index in [0.717, 1.165) is 50.1 Å². The second-order valence-electron chi connectivity index (χ2n) is 13.6. The first-order valence-electron chi connectivity index (χ1n) is 17.6. The Morgan fingerprint density at radius 1 is 0.353 bits per heavy atom. The molecule has 1 spiro atoms. The molecule has 0 bridgehead atoms. The third-order valence-electron chi connectivity index (χ3n) is 11.1. The molecule has 51 heavy (non-hydrogen) atoms. The number of hydrogen-bond donors (Lipinski definition) is 0. The van der Waals surface area contributed by atoms with E-state index in [-0.39, 0.29) is 0 Å². The molecule has 0 atom stereocenters. The molecule has 0 saturated carbocycles. The maximum absolute atomic E-state index is 6.49. The van der Waals surface area contributed by atoms with Crippen LogP contribution in [0.4, 0.5) is 17.1 Å². The van der Waals surface area contributed by atoms with Gasteiger partial charge in [-0.3, -0.25) is 0 Å². The molecule has 2 nitrogen and oxygen atoms in total. The molecule has 0 amide bonds. The molecule has 0 radical (unpaired) electrons. The van der Waals surface area contributed by atoms with Gasteiger partial charge in [-0.25, -0.2) is 0 Å². The fourth-order valence-corrected chi connectivity index (χ4v) is 9.03. The number of nitrogens with zero attached hydrogens (tertiary/aromatic N) is 1. The van der Waals surface area contributed by atoms with Crippen LogP contribution in [-0.2, 0) is 5.41 Å². The van der Waals surface area contributed by atoms with E-state index >= 15 is 0 Å². The summed E-state index contributed by atoms with van der Waals surface area (Å²) in [5.74, 6) is 0. The van der Waals surface area contributed by atoms with E-state index in [1.807, 2.05) is 12.1 Å². The lowest BCUT2D eigenvalue weighted by molar-refractivity contribution is 0.670. The van der Waals surface area contributed by atoms with Crippen LogP contribution in [0.2, 0.25) is 0 Å². The van der Waals surface area contributed by atoms with Crippen LogP contribution in [0.1, 0.15) is 22.3 Å². The van der Waals surface area contributed by atoms with Crippen molar-refractivity contribution >= 4 is 39.0 Å². The Morgan fingerprint density at radius 2 is 0.882 bits per heavy atom. The predicted octanol–water partition coefficient (Wildman–Crippen LogP) is 13.1. The van der Waals surface area contributed by atoms with Crippen LogP contribution in [0.15, 0.2) is 192 Å². The van der Waals surface area contributed by atoms with Gasteiger partial charge in [-0.2, -0.15) is 0 Å². The Morgan fingerprint density at radius 3 is 1.61 bits per heavy atom. The van der Waals surface area contributed by atoms with Crippen molar-refractivity contribution in [1.82, 2.24) is 0 Å². The summed E-state index contributed by atoms with van der Waals surface area (Å²) < 4.78 is 6.49. The molecule has 1 heterocycles. The van der Waals surface area contributed by atoms with Gasteiger partial charge in [-0.15, -0.1) is 0 Å². The highest BCUT2D eigenvalue weighted by Crippen LogP contribution is 2.63. The lowest BCUT2D eigenvalue weighted by atomic mass is 9.70. The van der Waals surface area contributed by atoms with Crippen LogP contribution in [0.25, 0.3) is 55.3 Å². The smallest absolute Gasteiger partial charge is 0.143 e. The quantitative estimate of drug-likeness (QED) is 0.189. The van der Waals surface area contributed by atoms with Crippen LogP contribution in [0, 0.1) is 0 Å². The van der Waals surface area contributed by atoms with Crippen LogP contribution >= 0.6 is 0 Å². The summed E-state index contributed by atoms with van der Waals surface area (Å²) in [6, 6.07) is 68.4. The minimum Gasteiger partial charge on any atom is -0.455 e. The summed E-state index contributed by atoms with van der Waals surface area (Å²) >= 11 is 0. The average Bonchev–Trinajstić information content (AvgIpc) is 3.83. The molecule has 0 saturated heterocycles. The standard InChI is InChI=1S/C49H31NO/c1-2-15-33(16-3-1)50(34-17-12-14-32(30-34)36-22-13-23-42-41-21-7-11-27-47(41)51-48(36)42)35-28-29-40-39-20-6-10-26-45(39)49(46(40)31-35)43-24-8-4-18-37(43)38-19-5-9-25-44(38)49/h1-31H. The van der Waals surface area contributed by atoms with E-state index in [4.69, 9.17) is 4.42 Å². The van der Waals surface area contributed by atoms with Crippen molar-refractivity contribution in [3.8, 4) is 33.4 Å². The van der Waals surface area contributed by atoms with Gasteiger partial charge in [0.1, 0.15) is 11.2 Å². The van der Waals surface area contributed by atoms with Crippen molar-refractivity contribution in [2.24, 2.45) is 0 Å². The molecule has 0 unspecified atom stereocenters. The molecule has 9 aromatic rings. The minimum absolute atomic E-state index is 0.406. The summed E-state index contributed by atoms with van der Waals surface area (Å²) in [5, 5.41) is 2.27. The van der Waals surface area contributed by atoms with Gasteiger partial charge < -0.3 is 9.32 Å². The minimum atomic E-state index is -0.406. The fourth-order valence-electron chi connectivity index (χ4n) is 9.03. The summed E-state index contributed by atoms with van der Waals surface area (Å²) in [6.07, 6.45) is 0. The highest BCUT2D eigenvalue weighted by molar-refractivity contribution is 6.09. The van der Waals surface area contributed by atoms with Crippen molar-refractivity contribution < 1.29 is 4.42 Å². The Kier molecular flexibility index (Phi) is 5.91. The van der Waals surface area contributed by atoms with E-state index in [2.05, 4.69) is 181 Å². The second kappa shape index (κ2) is 10.7. The highest BCUT2D eigenvalue weighted by Gasteiger charge is 2.51. The molecule has 1 aromatic heterocycles. The number of para-hydroxylation sites is 3. The first kappa shape index (κ1) is 28.2. The number of rotatable bonds is 4. The van der Waals surface area contributed by atoms with E-state index < -0.39 is 5.41 Å². The van der Waals surface area contributed by atoms with Crippen LogP contribution in [0.5, 0.6) is 0 Å². The van der Waals surface area contributed by atoms with Gasteiger partial charge >= 0.3 is 0 Å². The number of benzene rings is 8. The molecular weight excluding hydrogens is 619 g/mol. The van der Waals surface area contributed by atoms with Crippen molar-refractivity contribution in [1.29, 1.82) is 0 Å². The zero-order valence-corrected chi connectivity index (χ0v) is 27.8. The van der Waals surface area contributed by atoms with Gasteiger partial charge in [0.15, 0.2) is 0 Å². The zero-order valence-electron chi connectivity index (χ0n) is 27.8. The molecule has 8 aromatic carbocycles. The normalized spacial score (nSPS) is 13.3. The lowest BCUT2D eigenvalue weighted by Crippen LogP contribution is -2.26. The maximum atomic E-state index is 6.49. The van der Waals surface area contributed by atoms with Gasteiger partial charge in [0, 0.05) is 33.4 Å². The molecule has 0 N–H and O–H groups in total. The molecule has 0 aliphatic heterocycles. The van der Waals surface area contributed by atoms with E-state index in [1.165, 1.54) is 44.5 Å². The third kappa shape index (κ3) is 3.87. The van der Waals surface area contributed by atoms with E-state index in [0.29, 0.717) is 0 Å². The Hall–Kier alpha value is -6.64. The van der Waals surface area contributed by atoms with Crippen LogP contribution in [0.3, 0.4) is 0 Å². The zero-order chi connectivity index (χ0) is 33.5. The maximum Gasteiger partial charge on any atom is 0.143 e. The summed E-state index contributed by atoms with van der Waals surface area (Å²) in [4.78, 5) is 2.39. The number of hydrogen-bond acceptors (Lipinski definition) is 2. The first-order chi connectivity index (χ1) is 25.3. The predicted molar refractivity (Wildman–Crippen MR) is 210 cm³/mol. The van der Waals surface area contributed by atoms with Crippen LogP contribution < -0.4 is 4.90 Å². The molecule has 2 aliphatic rings. The topological polar surface area (TPSA) is 16.4 Å². The van der Waals surface area contributed by atoms with E-state index in [1.54, 1.807) is 0 Å². The lowest BCUT2D eigenvalue weighted by Gasteiger charge is -2.32. The van der Waals surface area contributed by atoms with Gasteiger partial charge in [0.05, 0.1) is 5.41 Å². The van der Waals surface area contributed by atoms with Crippen molar-refractivity contribution in [3.63, 3.8) is 0 Å². The molecular formula is C49H31NO. The summed E-state index contributed by atoms with van der Waals surface area (Å²) in [6.45, 7) is 0. The SMILES string of the molecule is c1ccc(N(c2cccc(-c3cccc4c3oc3ccccc34)c2)c2ccc3c(c2)C2(c4ccccc4-c4ccccc42)c2ccccc2-3)cc1. The average molecular weight is 650 g/mol. The van der Waals surface area contributed by atoms with Gasteiger partial charge in [-0.1, -0.05) is 146 Å².